The Labute approximate surface area is 114 Å². The number of hydrogen-bond donors (Lipinski definition) is 3. The Hall–Kier alpha value is -1.44. The molecular formula is C12H16N4O2S. The maximum absolute atomic E-state index is 11.3. The van der Waals surface area contributed by atoms with Crippen molar-refractivity contribution in [1.29, 1.82) is 0 Å². The van der Waals surface area contributed by atoms with Crippen LogP contribution in [0.25, 0.3) is 0 Å². The van der Waals surface area contributed by atoms with Gasteiger partial charge in [-0.15, -0.1) is 11.3 Å². The fourth-order valence-electron chi connectivity index (χ4n) is 2.63. The number of nitrogens with one attached hydrogen (secondary N) is 1. The number of rotatable bonds is 2. The molecular weight excluding hydrogens is 264 g/mol. The van der Waals surface area contributed by atoms with Crippen LogP contribution in [-0.2, 0) is 17.6 Å². The van der Waals surface area contributed by atoms with Crippen LogP contribution in [0.15, 0.2) is 4.99 Å². The predicted octanol–water partition coefficient (Wildman–Crippen LogP) is 0.583. The highest BCUT2D eigenvalue weighted by Gasteiger charge is 2.31. The number of aliphatic hydroxyl groups excluding tert-OH is 1. The van der Waals surface area contributed by atoms with Crippen molar-refractivity contribution in [3.8, 4) is 0 Å². The van der Waals surface area contributed by atoms with Crippen molar-refractivity contribution in [2.45, 2.75) is 31.9 Å². The summed E-state index contributed by atoms with van der Waals surface area (Å²) in [6.45, 7) is 0.00519. The fraction of sp³-hybridized carbons (Fsp3) is 0.500. The van der Waals surface area contributed by atoms with Gasteiger partial charge in [-0.1, -0.05) is 0 Å². The molecule has 2 heterocycles. The molecule has 0 spiro atoms. The minimum atomic E-state index is -0.803. The van der Waals surface area contributed by atoms with Gasteiger partial charge in [-0.3, -0.25) is 10.2 Å². The first-order chi connectivity index (χ1) is 9.20. The third-order valence-electron chi connectivity index (χ3n) is 3.58. The molecule has 7 heteroatoms. The van der Waals surface area contributed by atoms with Crippen LogP contribution in [0.3, 0.4) is 0 Å². The Morgan fingerprint density at radius 3 is 3.16 bits per heavy atom. The van der Waals surface area contributed by atoms with Crippen molar-refractivity contribution in [3.05, 3.63) is 16.0 Å². The molecule has 0 saturated heterocycles. The number of fused-ring (bicyclic) bond motifs is 3. The number of aliphatic hydroxyl groups is 1. The van der Waals surface area contributed by atoms with Gasteiger partial charge in [0.15, 0.2) is 6.23 Å². The van der Waals surface area contributed by atoms with Crippen LogP contribution in [0.4, 0.5) is 5.00 Å². The molecule has 102 valence electrons. The van der Waals surface area contributed by atoms with Crippen molar-refractivity contribution in [3.63, 3.8) is 0 Å². The fourth-order valence-corrected chi connectivity index (χ4v) is 3.89. The van der Waals surface area contributed by atoms with E-state index in [0.717, 1.165) is 29.8 Å². The summed E-state index contributed by atoms with van der Waals surface area (Å²) in [6.07, 6.45) is 5.12. The van der Waals surface area contributed by atoms with E-state index >= 15 is 0 Å². The normalized spacial score (nSPS) is 20.9. The van der Waals surface area contributed by atoms with Crippen LogP contribution in [0, 0.1) is 0 Å². The Balaban J connectivity index is 1.91. The monoisotopic (exact) mass is 280 g/mol. The third kappa shape index (κ3) is 2.13. The smallest absolute Gasteiger partial charge is 0.253 e. The standard InChI is InChI=1S/C12H16N4O2S/c13-15-9(17)5-16-6-14-11-10(12(16)18)7-3-1-2-4-8(7)19-11/h6,12,18H,1-5,13H2,(H,15,17). The summed E-state index contributed by atoms with van der Waals surface area (Å²) in [5.41, 5.74) is 4.17. The summed E-state index contributed by atoms with van der Waals surface area (Å²) in [4.78, 5) is 18.5. The molecule has 0 fully saturated rings. The highest BCUT2D eigenvalue weighted by atomic mass is 32.1. The number of aliphatic imine (C=N–C) groups is 1. The van der Waals surface area contributed by atoms with Gasteiger partial charge in [0.2, 0.25) is 0 Å². The number of thiophene rings is 1. The number of hydrazine groups is 1. The van der Waals surface area contributed by atoms with Crippen LogP contribution < -0.4 is 11.3 Å². The second kappa shape index (κ2) is 4.92. The van der Waals surface area contributed by atoms with Gasteiger partial charge in [-0.2, -0.15) is 0 Å². The SMILES string of the molecule is NNC(=O)CN1C=Nc2sc3c(c2C1O)CCCC3. The van der Waals surface area contributed by atoms with E-state index in [1.165, 1.54) is 28.1 Å². The van der Waals surface area contributed by atoms with Gasteiger partial charge in [0.1, 0.15) is 11.5 Å². The van der Waals surface area contributed by atoms with Crippen molar-refractivity contribution >= 4 is 28.6 Å². The zero-order valence-electron chi connectivity index (χ0n) is 10.4. The van der Waals surface area contributed by atoms with Gasteiger partial charge in [0.05, 0.1) is 6.34 Å². The first kappa shape index (κ1) is 12.6. The van der Waals surface area contributed by atoms with Crippen LogP contribution in [0.1, 0.15) is 35.1 Å². The molecule has 0 radical (unpaired) electrons. The molecule has 0 saturated carbocycles. The molecule has 1 aromatic rings. The Morgan fingerprint density at radius 1 is 1.58 bits per heavy atom. The molecule has 1 amide bonds. The van der Waals surface area contributed by atoms with Gasteiger partial charge >= 0.3 is 0 Å². The van der Waals surface area contributed by atoms with Gasteiger partial charge in [-0.25, -0.2) is 10.8 Å². The predicted molar refractivity (Wildman–Crippen MR) is 73.1 cm³/mol. The van der Waals surface area contributed by atoms with E-state index in [1.807, 2.05) is 0 Å². The van der Waals surface area contributed by atoms with E-state index in [-0.39, 0.29) is 12.5 Å². The summed E-state index contributed by atoms with van der Waals surface area (Å²) in [7, 11) is 0. The molecule has 2 aliphatic rings. The van der Waals surface area contributed by atoms with E-state index in [0.29, 0.717) is 0 Å². The molecule has 4 N–H and O–H groups in total. The van der Waals surface area contributed by atoms with Gasteiger partial charge < -0.3 is 10.0 Å². The van der Waals surface area contributed by atoms with Crippen molar-refractivity contribution in [2.24, 2.45) is 10.8 Å². The summed E-state index contributed by atoms with van der Waals surface area (Å²) < 4.78 is 0. The zero-order valence-corrected chi connectivity index (χ0v) is 11.2. The van der Waals surface area contributed by atoms with E-state index < -0.39 is 6.23 Å². The van der Waals surface area contributed by atoms with E-state index in [1.54, 1.807) is 11.3 Å². The molecule has 3 rings (SSSR count). The lowest BCUT2D eigenvalue weighted by molar-refractivity contribution is -0.123. The molecule has 1 aliphatic heterocycles. The van der Waals surface area contributed by atoms with Gasteiger partial charge in [0.25, 0.3) is 5.91 Å². The van der Waals surface area contributed by atoms with E-state index in [9.17, 15) is 9.90 Å². The molecule has 1 atom stereocenters. The van der Waals surface area contributed by atoms with Crippen molar-refractivity contribution in [2.75, 3.05) is 6.54 Å². The maximum atomic E-state index is 11.3. The Kier molecular flexibility index (Phi) is 3.26. The highest BCUT2D eigenvalue weighted by molar-refractivity contribution is 7.16. The third-order valence-corrected chi connectivity index (χ3v) is 4.79. The number of amides is 1. The number of carbonyl (C=O) groups excluding carboxylic acids is 1. The number of hydrogen-bond acceptors (Lipinski definition) is 6. The minimum absolute atomic E-state index is 0.00519. The Bertz CT molecular complexity index is 540. The molecule has 6 nitrogen and oxygen atoms in total. The lowest BCUT2D eigenvalue weighted by atomic mass is 9.94. The first-order valence-electron chi connectivity index (χ1n) is 6.32. The number of nitrogens with two attached hydrogens (primary N) is 1. The summed E-state index contributed by atoms with van der Waals surface area (Å²) in [5, 5.41) is 11.3. The largest absolute Gasteiger partial charge is 0.369 e. The number of carbonyl (C=O) groups is 1. The van der Waals surface area contributed by atoms with E-state index in [4.69, 9.17) is 5.84 Å². The molecule has 1 aliphatic carbocycles. The van der Waals surface area contributed by atoms with Gasteiger partial charge in [-0.05, 0) is 31.2 Å². The second-order valence-electron chi connectivity index (χ2n) is 4.79. The second-order valence-corrected chi connectivity index (χ2v) is 5.87. The molecule has 19 heavy (non-hydrogen) atoms. The Morgan fingerprint density at radius 2 is 2.37 bits per heavy atom. The molecule has 1 unspecified atom stereocenters. The highest BCUT2D eigenvalue weighted by Crippen LogP contribution is 2.45. The summed E-state index contributed by atoms with van der Waals surface area (Å²) >= 11 is 1.66. The molecule has 0 bridgehead atoms. The van der Waals surface area contributed by atoms with Crippen molar-refractivity contribution < 1.29 is 9.90 Å². The zero-order chi connectivity index (χ0) is 13.4. The topological polar surface area (TPSA) is 91.0 Å². The first-order valence-corrected chi connectivity index (χ1v) is 7.14. The van der Waals surface area contributed by atoms with E-state index in [2.05, 4.69) is 10.4 Å². The quantitative estimate of drug-likeness (QED) is 0.420. The lowest BCUT2D eigenvalue weighted by Gasteiger charge is -2.29. The average Bonchev–Trinajstić information content (AvgIpc) is 2.81. The van der Waals surface area contributed by atoms with Gasteiger partial charge in [0, 0.05) is 10.4 Å². The lowest BCUT2D eigenvalue weighted by Crippen LogP contribution is -2.42. The van der Waals surface area contributed by atoms with Crippen molar-refractivity contribution in [1.82, 2.24) is 10.3 Å². The van der Waals surface area contributed by atoms with Crippen LogP contribution in [0.5, 0.6) is 0 Å². The summed E-state index contributed by atoms with van der Waals surface area (Å²) in [5.74, 6) is 4.72. The van der Waals surface area contributed by atoms with Crippen LogP contribution in [0.2, 0.25) is 0 Å². The number of nitrogens with zero attached hydrogens (tertiary/aromatic N) is 2. The van der Waals surface area contributed by atoms with Crippen LogP contribution in [-0.4, -0.2) is 28.8 Å². The molecule has 0 aromatic carbocycles. The molecule has 1 aromatic heterocycles. The maximum Gasteiger partial charge on any atom is 0.253 e. The summed E-state index contributed by atoms with van der Waals surface area (Å²) in [6, 6.07) is 0. The minimum Gasteiger partial charge on any atom is -0.369 e. The van der Waals surface area contributed by atoms with Crippen LogP contribution >= 0.6 is 11.3 Å². The average molecular weight is 280 g/mol. The number of aryl methyl sites for hydroxylation is 1.